The van der Waals surface area contributed by atoms with Crippen molar-refractivity contribution >= 4 is 6.08 Å². The first kappa shape index (κ1) is 15.9. The van der Waals surface area contributed by atoms with Gasteiger partial charge in [0.15, 0.2) is 17.2 Å². The minimum absolute atomic E-state index is 0.109. The molecule has 1 nitrogen and oxygen atoms in total. The van der Waals surface area contributed by atoms with E-state index >= 15 is 0 Å². The van der Waals surface area contributed by atoms with Gasteiger partial charge >= 0.3 is 6.18 Å². The highest BCUT2D eigenvalue weighted by Crippen LogP contribution is 2.50. The van der Waals surface area contributed by atoms with Crippen molar-refractivity contribution in [1.82, 2.24) is 0 Å². The molecule has 1 aromatic carbocycles. The molecule has 1 heterocycles. The maximum atomic E-state index is 13.8. The number of alkyl halides is 3. The van der Waals surface area contributed by atoms with Gasteiger partial charge in [-0.2, -0.15) is 13.2 Å². The summed E-state index contributed by atoms with van der Waals surface area (Å²) in [5.41, 5.74) is -2.13. The fraction of sp³-hybridized carbons (Fsp3) is 0.467. The van der Waals surface area contributed by atoms with E-state index in [4.69, 9.17) is 4.74 Å². The van der Waals surface area contributed by atoms with Gasteiger partial charge in [-0.15, -0.1) is 0 Å². The average molecular weight is 306 g/mol. The van der Waals surface area contributed by atoms with E-state index in [0.717, 1.165) is 19.1 Å². The van der Waals surface area contributed by atoms with Crippen molar-refractivity contribution in [3.63, 3.8) is 0 Å². The molecule has 0 N–H and O–H groups in total. The standard InChI is InChI=1S/C15H15F5O/c1-4-9-10(5-6-12(16)13(9)17)11-7-21-14(3,8(11)2)15(18,19)20/h4-6,8,11H,1,7H2,2-3H3/t8-,11+,14+/m0/s1. The van der Waals surface area contributed by atoms with Gasteiger partial charge in [0, 0.05) is 17.4 Å². The lowest BCUT2D eigenvalue weighted by Gasteiger charge is -2.32. The summed E-state index contributed by atoms with van der Waals surface area (Å²) in [6.45, 7) is 5.58. The predicted octanol–water partition coefficient (Wildman–Crippen LogP) is 4.68. The normalized spacial score (nSPS) is 29.7. The molecular weight excluding hydrogens is 291 g/mol. The summed E-state index contributed by atoms with van der Waals surface area (Å²) in [4.78, 5) is 0. The van der Waals surface area contributed by atoms with Gasteiger partial charge in [-0.05, 0) is 18.6 Å². The Morgan fingerprint density at radius 2 is 1.95 bits per heavy atom. The second-order valence-electron chi connectivity index (χ2n) is 5.38. The highest BCUT2D eigenvalue weighted by atomic mass is 19.4. The third-order valence-corrected chi connectivity index (χ3v) is 4.37. The number of hydrogen-bond acceptors (Lipinski definition) is 1. The van der Waals surface area contributed by atoms with Crippen molar-refractivity contribution in [3.05, 3.63) is 41.5 Å². The molecule has 1 aromatic rings. The quantitative estimate of drug-likeness (QED) is 0.721. The van der Waals surface area contributed by atoms with Crippen LogP contribution in [0.15, 0.2) is 18.7 Å². The van der Waals surface area contributed by atoms with Crippen molar-refractivity contribution in [1.29, 1.82) is 0 Å². The summed E-state index contributed by atoms with van der Waals surface area (Å²) >= 11 is 0. The molecule has 0 bridgehead atoms. The molecule has 0 spiro atoms. The monoisotopic (exact) mass is 306 g/mol. The van der Waals surface area contributed by atoms with Gasteiger partial charge in [0.2, 0.25) is 0 Å². The Kier molecular flexibility index (Phi) is 3.86. The van der Waals surface area contributed by atoms with Crippen LogP contribution in [-0.4, -0.2) is 18.4 Å². The molecule has 0 aliphatic carbocycles. The van der Waals surface area contributed by atoms with Crippen LogP contribution in [0.1, 0.15) is 30.9 Å². The van der Waals surface area contributed by atoms with Crippen LogP contribution in [-0.2, 0) is 4.74 Å². The number of halogens is 5. The first-order valence-corrected chi connectivity index (χ1v) is 6.44. The van der Waals surface area contributed by atoms with Gasteiger partial charge < -0.3 is 4.74 Å². The fourth-order valence-corrected chi connectivity index (χ4v) is 2.73. The molecule has 0 amide bonds. The summed E-state index contributed by atoms with van der Waals surface area (Å²) in [7, 11) is 0. The van der Waals surface area contributed by atoms with Crippen LogP contribution in [0.5, 0.6) is 0 Å². The van der Waals surface area contributed by atoms with Crippen molar-refractivity contribution in [2.45, 2.75) is 31.5 Å². The summed E-state index contributed by atoms with van der Waals surface area (Å²) < 4.78 is 71.4. The van der Waals surface area contributed by atoms with E-state index in [2.05, 4.69) is 6.58 Å². The van der Waals surface area contributed by atoms with Crippen LogP contribution in [0.25, 0.3) is 6.08 Å². The fourth-order valence-electron chi connectivity index (χ4n) is 2.73. The Morgan fingerprint density at radius 3 is 2.43 bits per heavy atom. The molecule has 1 fully saturated rings. The Balaban J connectivity index is 2.47. The molecule has 6 heteroatoms. The largest absolute Gasteiger partial charge is 0.417 e. The molecule has 2 rings (SSSR count). The lowest BCUT2D eigenvalue weighted by atomic mass is 9.78. The van der Waals surface area contributed by atoms with Crippen molar-refractivity contribution in [2.24, 2.45) is 5.92 Å². The van der Waals surface area contributed by atoms with Gasteiger partial charge in [0.25, 0.3) is 0 Å². The minimum Gasteiger partial charge on any atom is -0.365 e. The van der Waals surface area contributed by atoms with Gasteiger partial charge in [0.05, 0.1) is 6.61 Å². The van der Waals surface area contributed by atoms with Gasteiger partial charge in [-0.25, -0.2) is 8.78 Å². The zero-order valence-corrected chi connectivity index (χ0v) is 11.6. The minimum atomic E-state index is -4.53. The summed E-state index contributed by atoms with van der Waals surface area (Å²) in [5.74, 6) is -3.77. The molecule has 0 unspecified atom stereocenters. The first-order valence-electron chi connectivity index (χ1n) is 6.44. The smallest absolute Gasteiger partial charge is 0.365 e. The van der Waals surface area contributed by atoms with Crippen LogP contribution < -0.4 is 0 Å². The lowest BCUT2D eigenvalue weighted by Crippen LogP contribution is -2.46. The molecular formula is C15H15F5O. The van der Waals surface area contributed by atoms with Gasteiger partial charge in [-0.3, -0.25) is 0 Å². The number of ether oxygens (including phenoxy) is 1. The molecule has 0 saturated carbocycles. The van der Waals surface area contributed by atoms with E-state index in [-0.39, 0.29) is 17.7 Å². The van der Waals surface area contributed by atoms with E-state index in [1.807, 2.05) is 0 Å². The second kappa shape index (κ2) is 5.09. The van der Waals surface area contributed by atoms with Crippen LogP contribution in [0, 0.1) is 17.6 Å². The van der Waals surface area contributed by atoms with Gasteiger partial charge in [-0.1, -0.05) is 25.6 Å². The summed E-state index contributed by atoms with van der Waals surface area (Å²) in [6, 6.07) is 2.20. The van der Waals surface area contributed by atoms with Crippen LogP contribution >= 0.6 is 0 Å². The molecule has 0 aromatic heterocycles. The Hall–Kier alpha value is -1.43. The highest BCUT2D eigenvalue weighted by molar-refractivity contribution is 5.54. The lowest BCUT2D eigenvalue weighted by molar-refractivity contribution is -0.266. The maximum Gasteiger partial charge on any atom is 0.417 e. The van der Waals surface area contributed by atoms with E-state index in [9.17, 15) is 22.0 Å². The van der Waals surface area contributed by atoms with E-state index in [1.54, 1.807) is 0 Å². The van der Waals surface area contributed by atoms with E-state index in [1.165, 1.54) is 13.0 Å². The molecule has 1 aliphatic rings. The zero-order chi connectivity index (χ0) is 16.0. The third-order valence-electron chi connectivity index (χ3n) is 4.37. The predicted molar refractivity (Wildman–Crippen MR) is 68.8 cm³/mol. The van der Waals surface area contributed by atoms with Crippen molar-refractivity contribution in [2.75, 3.05) is 6.61 Å². The molecule has 116 valence electrons. The zero-order valence-electron chi connectivity index (χ0n) is 11.6. The highest BCUT2D eigenvalue weighted by Gasteiger charge is 2.61. The Labute approximate surface area is 119 Å². The summed E-state index contributed by atoms with van der Waals surface area (Å²) in [5, 5.41) is 0. The molecule has 1 saturated heterocycles. The molecule has 0 radical (unpaired) electrons. The van der Waals surface area contributed by atoms with E-state index < -0.39 is 35.2 Å². The SMILES string of the molecule is C=Cc1c([C@@H]2CO[C@@](C)(C(F)(F)F)[C@H]2C)ccc(F)c1F. The molecule has 1 aliphatic heterocycles. The Bertz CT molecular complexity index is 566. The van der Waals surface area contributed by atoms with Gasteiger partial charge in [0.1, 0.15) is 0 Å². The van der Waals surface area contributed by atoms with Crippen LogP contribution in [0.2, 0.25) is 0 Å². The van der Waals surface area contributed by atoms with Crippen molar-refractivity contribution < 1.29 is 26.7 Å². The second-order valence-corrected chi connectivity index (χ2v) is 5.38. The summed E-state index contributed by atoms with van der Waals surface area (Å²) in [6.07, 6.45) is -3.42. The molecule has 3 atom stereocenters. The molecule has 21 heavy (non-hydrogen) atoms. The average Bonchev–Trinajstić information content (AvgIpc) is 2.70. The topological polar surface area (TPSA) is 9.23 Å². The van der Waals surface area contributed by atoms with E-state index in [0.29, 0.717) is 0 Å². The first-order chi connectivity index (χ1) is 9.63. The maximum absolute atomic E-state index is 13.8. The number of benzene rings is 1. The Morgan fingerprint density at radius 1 is 1.33 bits per heavy atom. The van der Waals surface area contributed by atoms with Crippen LogP contribution in [0.3, 0.4) is 0 Å². The van der Waals surface area contributed by atoms with Crippen molar-refractivity contribution in [3.8, 4) is 0 Å². The van der Waals surface area contributed by atoms with Crippen LogP contribution in [0.4, 0.5) is 22.0 Å². The number of hydrogen-bond donors (Lipinski definition) is 0. The third kappa shape index (κ3) is 2.35. The number of rotatable bonds is 2.